The summed E-state index contributed by atoms with van der Waals surface area (Å²) in [5, 5.41) is 2.80. The number of hydrogen-bond donors (Lipinski definition) is 1. The summed E-state index contributed by atoms with van der Waals surface area (Å²) < 4.78 is 18.7. The van der Waals surface area contributed by atoms with E-state index in [9.17, 15) is 14.0 Å². The van der Waals surface area contributed by atoms with Gasteiger partial charge in [0.15, 0.2) is 0 Å². The maximum atomic E-state index is 13.6. The monoisotopic (exact) mass is 412 g/mol. The third-order valence-electron chi connectivity index (χ3n) is 5.79. The van der Waals surface area contributed by atoms with Gasteiger partial charge in [-0.1, -0.05) is 36.4 Å². The van der Waals surface area contributed by atoms with E-state index in [0.29, 0.717) is 39.0 Å². The Bertz CT molecular complexity index is 902. The molecule has 3 rings (SSSR count). The summed E-state index contributed by atoms with van der Waals surface area (Å²) in [7, 11) is 3.21. The largest absolute Gasteiger partial charge is 0.384 e. The van der Waals surface area contributed by atoms with E-state index in [1.54, 1.807) is 25.1 Å². The van der Waals surface area contributed by atoms with Crippen LogP contribution in [0, 0.1) is 11.2 Å². The van der Waals surface area contributed by atoms with Gasteiger partial charge in [0.2, 0.25) is 11.8 Å². The van der Waals surface area contributed by atoms with Gasteiger partial charge in [0, 0.05) is 27.2 Å². The number of halogens is 1. The number of nitrogens with one attached hydrogen (secondary N) is 1. The molecule has 2 aromatic carbocycles. The van der Waals surface area contributed by atoms with Crippen LogP contribution < -0.4 is 5.32 Å². The Labute approximate surface area is 177 Å². The molecule has 0 aromatic heterocycles. The van der Waals surface area contributed by atoms with Crippen molar-refractivity contribution in [2.24, 2.45) is 5.41 Å². The van der Waals surface area contributed by atoms with Gasteiger partial charge >= 0.3 is 0 Å². The highest BCUT2D eigenvalue weighted by atomic mass is 19.1. The minimum Gasteiger partial charge on any atom is -0.384 e. The second-order valence-electron chi connectivity index (χ2n) is 7.91. The van der Waals surface area contributed by atoms with E-state index < -0.39 is 5.41 Å². The van der Waals surface area contributed by atoms with Gasteiger partial charge in [-0.05, 0) is 48.1 Å². The maximum Gasteiger partial charge on any atom is 0.228 e. The summed E-state index contributed by atoms with van der Waals surface area (Å²) in [6.07, 6.45) is 2.32. The second-order valence-corrected chi connectivity index (χ2v) is 7.91. The van der Waals surface area contributed by atoms with Gasteiger partial charge in [0.25, 0.3) is 0 Å². The van der Waals surface area contributed by atoms with E-state index in [2.05, 4.69) is 5.32 Å². The lowest BCUT2D eigenvalue weighted by molar-refractivity contribution is -0.141. The summed E-state index contributed by atoms with van der Waals surface area (Å²) >= 11 is 0. The van der Waals surface area contributed by atoms with Gasteiger partial charge in [-0.2, -0.15) is 0 Å². The molecule has 0 bridgehead atoms. The molecular formula is C24H29FN2O3. The average molecular weight is 413 g/mol. The number of nitrogens with zero attached hydrogens (tertiary/aromatic N) is 1. The van der Waals surface area contributed by atoms with Crippen LogP contribution in [0.3, 0.4) is 0 Å². The Morgan fingerprint density at radius 3 is 2.60 bits per heavy atom. The molecule has 1 N–H and O–H groups in total. The van der Waals surface area contributed by atoms with Crippen molar-refractivity contribution in [3.63, 3.8) is 0 Å². The van der Waals surface area contributed by atoms with Crippen LogP contribution in [0.1, 0.15) is 24.8 Å². The first-order valence-corrected chi connectivity index (χ1v) is 10.3. The molecule has 30 heavy (non-hydrogen) atoms. The van der Waals surface area contributed by atoms with Crippen molar-refractivity contribution in [3.8, 4) is 11.1 Å². The van der Waals surface area contributed by atoms with Crippen LogP contribution >= 0.6 is 0 Å². The van der Waals surface area contributed by atoms with Gasteiger partial charge in [-0.3, -0.25) is 9.59 Å². The molecule has 2 aromatic rings. The third-order valence-corrected chi connectivity index (χ3v) is 5.79. The quantitative estimate of drug-likeness (QED) is 0.758. The van der Waals surface area contributed by atoms with Crippen LogP contribution in [0.2, 0.25) is 0 Å². The van der Waals surface area contributed by atoms with Crippen molar-refractivity contribution >= 4 is 11.8 Å². The average Bonchev–Trinajstić information content (AvgIpc) is 2.77. The van der Waals surface area contributed by atoms with E-state index in [4.69, 9.17) is 4.74 Å². The SMILES string of the molecule is CNC(=O)C1(Cc2cccc(-c3cccc(F)c3)c2)CCCN(C(=O)CCOC)C1. The standard InChI is InChI=1S/C24H29FN2O3/c1-26-23(29)24(11-5-12-27(17-24)22(28)10-13-30-2)16-18-6-3-7-19(14-18)20-8-4-9-21(25)15-20/h3-4,6-9,14-15H,5,10-13,16-17H2,1-2H3,(H,26,29). The van der Waals surface area contributed by atoms with E-state index in [-0.39, 0.29) is 17.6 Å². The van der Waals surface area contributed by atoms with Crippen molar-refractivity contribution in [1.29, 1.82) is 0 Å². The topological polar surface area (TPSA) is 58.6 Å². The Morgan fingerprint density at radius 1 is 1.17 bits per heavy atom. The Balaban J connectivity index is 1.86. The highest BCUT2D eigenvalue weighted by molar-refractivity contribution is 5.85. The van der Waals surface area contributed by atoms with Crippen LogP contribution in [0.5, 0.6) is 0 Å². The number of piperidine rings is 1. The molecule has 5 nitrogen and oxygen atoms in total. The predicted molar refractivity (Wildman–Crippen MR) is 114 cm³/mol. The molecule has 1 aliphatic heterocycles. The second kappa shape index (κ2) is 9.85. The number of rotatable bonds is 7. The van der Waals surface area contributed by atoms with Crippen LogP contribution in [-0.4, -0.2) is 50.6 Å². The molecule has 1 heterocycles. The zero-order valence-corrected chi connectivity index (χ0v) is 17.6. The van der Waals surface area contributed by atoms with Crippen molar-refractivity contribution in [2.75, 3.05) is 33.9 Å². The summed E-state index contributed by atoms with van der Waals surface area (Å²) in [5.41, 5.74) is 2.01. The lowest BCUT2D eigenvalue weighted by Gasteiger charge is -2.41. The third kappa shape index (κ3) is 5.05. The summed E-state index contributed by atoms with van der Waals surface area (Å²) in [6, 6.07) is 14.3. The summed E-state index contributed by atoms with van der Waals surface area (Å²) in [4.78, 5) is 27.3. The van der Waals surface area contributed by atoms with Crippen LogP contribution in [-0.2, 0) is 20.7 Å². The minimum atomic E-state index is -0.684. The molecule has 0 aliphatic carbocycles. The molecule has 1 unspecified atom stereocenters. The van der Waals surface area contributed by atoms with Crippen molar-refractivity contribution in [2.45, 2.75) is 25.7 Å². The van der Waals surface area contributed by atoms with Crippen LogP contribution in [0.4, 0.5) is 4.39 Å². The molecule has 1 aliphatic rings. The van der Waals surface area contributed by atoms with Crippen molar-refractivity contribution < 1.29 is 18.7 Å². The predicted octanol–water partition coefficient (Wildman–Crippen LogP) is 3.43. The van der Waals surface area contributed by atoms with Gasteiger partial charge in [0.1, 0.15) is 5.82 Å². The molecule has 1 atom stereocenters. The molecule has 0 spiro atoms. The molecule has 2 amide bonds. The van der Waals surface area contributed by atoms with Crippen LogP contribution in [0.15, 0.2) is 48.5 Å². The first-order valence-electron chi connectivity index (χ1n) is 10.3. The Kier molecular flexibility index (Phi) is 7.21. The first-order chi connectivity index (χ1) is 14.5. The number of benzene rings is 2. The fourth-order valence-electron chi connectivity index (χ4n) is 4.29. The molecule has 1 fully saturated rings. The van der Waals surface area contributed by atoms with Gasteiger partial charge in [-0.15, -0.1) is 0 Å². The van der Waals surface area contributed by atoms with Crippen molar-refractivity contribution in [1.82, 2.24) is 10.2 Å². The van der Waals surface area contributed by atoms with Crippen LogP contribution in [0.25, 0.3) is 11.1 Å². The Morgan fingerprint density at radius 2 is 1.90 bits per heavy atom. The number of ether oxygens (including phenoxy) is 1. The zero-order valence-electron chi connectivity index (χ0n) is 17.6. The molecule has 1 saturated heterocycles. The van der Waals surface area contributed by atoms with Gasteiger partial charge < -0.3 is 15.0 Å². The molecule has 160 valence electrons. The summed E-state index contributed by atoms with van der Waals surface area (Å²) in [6.45, 7) is 1.42. The fourth-order valence-corrected chi connectivity index (χ4v) is 4.29. The smallest absolute Gasteiger partial charge is 0.228 e. The highest BCUT2D eigenvalue weighted by Gasteiger charge is 2.42. The number of carbonyl (C=O) groups excluding carboxylic acids is 2. The summed E-state index contributed by atoms with van der Waals surface area (Å²) in [5.74, 6) is -0.321. The van der Waals surface area contributed by atoms with E-state index >= 15 is 0 Å². The highest BCUT2D eigenvalue weighted by Crippen LogP contribution is 2.35. The minimum absolute atomic E-state index is 0.0124. The molecule has 0 saturated carbocycles. The molecule has 6 heteroatoms. The lowest BCUT2D eigenvalue weighted by Crippen LogP contribution is -2.54. The Hall–Kier alpha value is -2.73. The van der Waals surface area contributed by atoms with E-state index in [1.807, 2.05) is 30.3 Å². The number of amides is 2. The van der Waals surface area contributed by atoms with Gasteiger partial charge in [0.05, 0.1) is 18.4 Å². The number of methoxy groups -OCH3 is 1. The van der Waals surface area contributed by atoms with E-state index in [0.717, 1.165) is 23.1 Å². The zero-order chi connectivity index (χ0) is 21.6. The van der Waals surface area contributed by atoms with Crippen molar-refractivity contribution in [3.05, 3.63) is 59.9 Å². The molecule has 0 radical (unpaired) electrons. The number of carbonyl (C=O) groups is 2. The first kappa shape index (κ1) is 22.0. The molecular weight excluding hydrogens is 383 g/mol. The maximum absolute atomic E-state index is 13.6. The normalized spacial score (nSPS) is 18.8. The lowest BCUT2D eigenvalue weighted by atomic mass is 9.74. The fraction of sp³-hybridized carbons (Fsp3) is 0.417. The van der Waals surface area contributed by atoms with Gasteiger partial charge in [-0.25, -0.2) is 4.39 Å². The number of hydrogen-bond acceptors (Lipinski definition) is 3. The number of likely N-dealkylation sites (tertiary alicyclic amines) is 1. The van der Waals surface area contributed by atoms with E-state index in [1.165, 1.54) is 12.1 Å².